The predicted molar refractivity (Wildman–Crippen MR) is 113 cm³/mol. The number of aromatic nitrogens is 2. The lowest BCUT2D eigenvalue weighted by Crippen LogP contribution is -2.38. The van der Waals surface area contributed by atoms with Crippen molar-refractivity contribution in [1.29, 1.82) is 0 Å². The standard InChI is InChI=1S/C22H20F2N4O2S/c1-13-4-2-3-5-16(13)22(30)28-10-8-14(9-11-28)20-26-27-21(31-20)19(29)25-18-7-6-15(23)12-17(18)24/h2-7,12,14H,8-11H2,1H3,(H,25,29). The summed E-state index contributed by atoms with van der Waals surface area (Å²) in [6.07, 6.45) is 1.45. The van der Waals surface area contributed by atoms with Gasteiger partial charge in [-0.1, -0.05) is 29.5 Å². The van der Waals surface area contributed by atoms with Crippen LogP contribution in [0.25, 0.3) is 0 Å². The third kappa shape index (κ3) is 4.61. The number of anilines is 1. The van der Waals surface area contributed by atoms with Crippen molar-refractivity contribution in [2.24, 2.45) is 0 Å². The van der Waals surface area contributed by atoms with Crippen molar-refractivity contribution in [3.63, 3.8) is 0 Å². The van der Waals surface area contributed by atoms with Gasteiger partial charge in [0.15, 0.2) is 0 Å². The molecule has 0 unspecified atom stereocenters. The first kappa shape index (κ1) is 21.0. The summed E-state index contributed by atoms with van der Waals surface area (Å²) in [5.41, 5.74) is 1.54. The number of nitrogens with one attached hydrogen (secondary N) is 1. The minimum Gasteiger partial charge on any atom is -0.339 e. The smallest absolute Gasteiger partial charge is 0.286 e. The Hall–Kier alpha value is -3.20. The average molecular weight is 442 g/mol. The molecule has 2 amide bonds. The second kappa shape index (κ2) is 8.89. The molecule has 1 aliphatic heterocycles. The van der Waals surface area contributed by atoms with E-state index in [-0.39, 0.29) is 22.5 Å². The molecule has 31 heavy (non-hydrogen) atoms. The van der Waals surface area contributed by atoms with Crippen molar-refractivity contribution in [3.8, 4) is 0 Å². The molecule has 1 N–H and O–H groups in total. The topological polar surface area (TPSA) is 75.2 Å². The van der Waals surface area contributed by atoms with E-state index in [9.17, 15) is 18.4 Å². The lowest BCUT2D eigenvalue weighted by molar-refractivity contribution is 0.0712. The monoisotopic (exact) mass is 442 g/mol. The summed E-state index contributed by atoms with van der Waals surface area (Å²) < 4.78 is 26.8. The van der Waals surface area contributed by atoms with Gasteiger partial charge < -0.3 is 10.2 Å². The van der Waals surface area contributed by atoms with Crippen molar-refractivity contribution < 1.29 is 18.4 Å². The molecule has 0 atom stereocenters. The highest BCUT2D eigenvalue weighted by Crippen LogP contribution is 2.31. The van der Waals surface area contributed by atoms with Gasteiger partial charge in [-0.3, -0.25) is 9.59 Å². The summed E-state index contributed by atoms with van der Waals surface area (Å²) in [5.74, 6) is -2.05. The van der Waals surface area contributed by atoms with Crippen LogP contribution in [-0.4, -0.2) is 40.0 Å². The molecule has 2 aromatic carbocycles. The quantitative estimate of drug-likeness (QED) is 0.650. The van der Waals surface area contributed by atoms with E-state index >= 15 is 0 Å². The number of benzene rings is 2. The molecule has 4 rings (SSSR count). The number of amides is 2. The van der Waals surface area contributed by atoms with E-state index in [0.29, 0.717) is 29.7 Å². The van der Waals surface area contributed by atoms with Crippen molar-refractivity contribution >= 4 is 28.8 Å². The van der Waals surface area contributed by atoms with Crippen LogP contribution in [-0.2, 0) is 0 Å². The van der Waals surface area contributed by atoms with E-state index < -0.39 is 17.5 Å². The van der Waals surface area contributed by atoms with Gasteiger partial charge in [-0.2, -0.15) is 0 Å². The number of piperidine rings is 1. The van der Waals surface area contributed by atoms with E-state index in [2.05, 4.69) is 15.5 Å². The number of rotatable bonds is 4. The lowest BCUT2D eigenvalue weighted by atomic mass is 9.96. The average Bonchev–Trinajstić information content (AvgIpc) is 3.26. The van der Waals surface area contributed by atoms with E-state index in [4.69, 9.17) is 0 Å². The molecule has 3 aromatic rings. The van der Waals surface area contributed by atoms with Gasteiger partial charge in [0.05, 0.1) is 5.69 Å². The molecule has 2 heterocycles. The van der Waals surface area contributed by atoms with Gasteiger partial charge in [-0.05, 0) is 43.5 Å². The normalized spacial score (nSPS) is 14.5. The number of halogens is 2. The molecule has 0 spiro atoms. The first-order valence-electron chi connectivity index (χ1n) is 9.87. The summed E-state index contributed by atoms with van der Waals surface area (Å²) in [4.78, 5) is 27.0. The van der Waals surface area contributed by atoms with Gasteiger partial charge in [0.1, 0.15) is 16.6 Å². The van der Waals surface area contributed by atoms with Crippen molar-refractivity contribution in [1.82, 2.24) is 15.1 Å². The summed E-state index contributed by atoms with van der Waals surface area (Å²) in [6, 6.07) is 10.5. The molecule has 1 saturated heterocycles. The maximum absolute atomic E-state index is 13.8. The number of likely N-dealkylation sites (tertiary alicyclic amines) is 1. The van der Waals surface area contributed by atoms with E-state index in [0.717, 1.165) is 41.9 Å². The van der Waals surface area contributed by atoms with Gasteiger partial charge >= 0.3 is 0 Å². The Balaban J connectivity index is 1.37. The van der Waals surface area contributed by atoms with Crippen molar-refractivity contribution in [3.05, 3.63) is 75.2 Å². The minimum atomic E-state index is -0.858. The van der Waals surface area contributed by atoms with Crippen molar-refractivity contribution in [2.75, 3.05) is 18.4 Å². The van der Waals surface area contributed by atoms with E-state index in [1.54, 1.807) is 0 Å². The molecule has 160 valence electrons. The molecular weight excluding hydrogens is 422 g/mol. The SMILES string of the molecule is Cc1ccccc1C(=O)N1CCC(c2nnc(C(=O)Nc3ccc(F)cc3F)s2)CC1. The summed E-state index contributed by atoms with van der Waals surface area (Å²) >= 11 is 1.15. The number of nitrogens with zero attached hydrogens (tertiary/aromatic N) is 3. The molecule has 1 fully saturated rings. The molecule has 0 saturated carbocycles. The zero-order valence-electron chi connectivity index (χ0n) is 16.8. The Morgan fingerprint density at radius 2 is 1.84 bits per heavy atom. The number of hydrogen-bond donors (Lipinski definition) is 1. The first-order valence-corrected chi connectivity index (χ1v) is 10.7. The van der Waals surface area contributed by atoms with Gasteiger partial charge in [-0.15, -0.1) is 10.2 Å². The molecular formula is C22H20F2N4O2S. The fourth-order valence-corrected chi connectivity index (χ4v) is 4.48. The maximum atomic E-state index is 13.8. The summed E-state index contributed by atoms with van der Waals surface area (Å²) in [5, 5.41) is 11.3. The van der Waals surface area contributed by atoms with Crippen LogP contribution in [0.15, 0.2) is 42.5 Å². The van der Waals surface area contributed by atoms with Crippen LogP contribution in [0.3, 0.4) is 0 Å². The Bertz CT molecular complexity index is 1130. The molecule has 1 aromatic heterocycles. The molecule has 9 heteroatoms. The Kier molecular flexibility index (Phi) is 6.03. The summed E-state index contributed by atoms with van der Waals surface area (Å²) in [6.45, 7) is 3.12. The highest BCUT2D eigenvalue weighted by atomic mass is 32.1. The molecule has 0 bridgehead atoms. The third-order valence-corrected chi connectivity index (χ3v) is 6.41. The first-order chi connectivity index (χ1) is 14.9. The maximum Gasteiger partial charge on any atom is 0.286 e. The number of aryl methyl sites for hydroxylation is 1. The van der Waals surface area contributed by atoms with Crippen LogP contribution in [0.2, 0.25) is 0 Å². The third-order valence-electron chi connectivity index (χ3n) is 5.32. The van der Waals surface area contributed by atoms with Crippen LogP contribution < -0.4 is 5.32 Å². The summed E-state index contributed by atoms with van der Waals surface area (Å²) in [7, 11) is 0. The minimum absolute atomic E-state index is 0.0233. The second-order valence-corrected chi connectivity index (χ2v) is 8.41. The van der Waals surface area contributed by atoms with E-state index in [1.165, 1.54) is 0 Å². The molecule has 1 aliphatic rings. The fraction of sp³-hybridized carbons (Fsp3) is 0.273. The van der Waals surface area contributed by atoms with Gasteiger partial charge in [0.2, 0.25) is 5.01 Å². The van der Waals surface area contributed by atoms with E-state index in [1.807, 2.05) is 36.1 Å². The van der Waals surface area contributed by atoms with Crippen LogP contribution in [0, 0.1) is 18.6 Å². The zero-order valence-corrected chi connectivity index (χ0v) is 17.6. The number of hydrogen-bond acceptors (Lipinski definition) is 5. The van der Waals surface area contributed by atoms with Crippen LogP contribution in [0.4, 0.5) is 14.5 Å². The van der Waals surface area contributed by atoms with Gasteiger partial charge in [-0.25, -0.2) is 8.78 Å². The lowest BCUT2D eigenvalue weighted by Gasteiger charge is -2.31. The molecule has 0 radical (unpaired) electrons. The molecule has 0 aliphatic carbocycles. The zero-order chi connectivity index (χ0) is 22.0. The predicted octanol–water partition coefficient (Wildman–Crippen LogP) is 4.40. The second-order valence-electron chi connectivity index (χ2n) is 7.41. The Morgan fingerprint density at radius 1 is 1.10 bits per heavy atom. The van der Waals surface area contributed by atoms with Gasteiger partial charge in [0, 0.05) is 30.6 Å². The van der Waals surface area contributed by atoms with Crippen LogP contribution in [0.1, 0.15) is 49.5 Å². The molecule has 6 nitrogen and oxygen atoms in total. The number of carbonyl (C=O) groups excluding carboxylic acids is 2. The Labute approximate surface area is 181 Å². The van der Waals surface area contributed by atoms with Crippen molar-refractivity contribution in [2.45, 2.75) is 25.7 Å². The number of carbonyl (C=O) groups is 2. The highest BCUT2D eigenvalue weighted by molar-refractivity contribution is 7.13. The Morgan fingerprint density at radius 3 is 2.55 bits per heavy atom. The van der Waals surface area contributed by atoms with Crippen LogP contribution in [0.5, 0.6) is 0 Å². The fourth-order valence-electron chi connectivity index (χ4n) is 3.57. The van der Waals surface area contributed by atoms with Crippen LogP contribution >= 0.6 is 11.3 Å². The van der Waals surface area contributed by atoms with Gasteiger partial charge in [0.25, 0.3) is 11.8 Å². The highest BCUT2D eigenvalue weighted by Gasteiger charge is 2.28. The largest absolute Gasteiger partial charge is 0.339 e.